The first-order valence-electron chi connectivity index (χ1n) is 8.39. The zero-order chi connectivity index (χ0) is 14.7. The van der Waals surface area contributed by atoms with Gasteiger partial charge in [0.2, 0.25) is 0 Å². The third kappa shape index (κ3) is 3.58. The molecule has 3 nitrogen and oxygen atoms in total. The molecule has 116 valence electrons. The van der Waals surface area contributed by atoms with Gasteiger partial charge < -0.3 is 10.1 Å². The second-order valence-electron chi connectivity index (χ2n) is 6.61. The summed E-state index contributed by atoms with van der Waals surface area (Å²) < 4.78 is 5.22. The highest BCUT2D eigenvalue weighted by Gasteiger charge is 2.35. The van der Waals surface area contributed by atoms with Crippen molar-refractivity contribution in [1.29, 1.82) is 0 Å². The molecule has 3 heteroatoms. The van der Waals surface area contributed by atoms with Crippen LogP contribution in [0.3, 0.4) is 0 Å². The summed E-state index contributed by atoms with van der Waals surface area (Å²) >= 11 is 0. The number of methoxy groups -OCH3 is 1. The van der Waals surface area contributed by atoms with E-state index in [1.54, 1.807) is 7.11 Å². The number of piperidine rings is 1. The highest BCUT2D eigenvalue weighted by Crippen LogP contribution is 2.27. The molecule has 3 unspecified atom stereocenters. The number of nitrogens with one attached hydrogen (secondary N) is 1. The fourth-order valence-corrected chi connectivity index (χ4v) is 3.98. The van der Waals surface area contributed by atoms with E-state index < -0.39 is 0 Å². The van der Waals surface area contributed by atoms with Crippen molar-refractivity contribution in [3.63, 3.8) is 0 Å². The molecule has 2 aliphatic heterocycles. The summed E-state index contributed by atoms with van der Waals surface area (Å²) in [6.07, 6.45) is 6.59. The number of rotatable bonds is 5. The fourth-order valence-electron chi connectivity index (χ4n) is 3.98. The van der Waals surface area contributed by atoms with Gasteiger partial charge >= 0.3 is 0 Å². The Labute approximate surface area is 128 Å². The third-order valence-electron chi connectivity index (χ3n) is 5.06. The second kappa shape index (κ2) is 6.80. The highest BCUT2D eigenvalue weighted by atomic mass is 16.5. The summed E-state index contributed by atoms with van der Waals surface area (Å²) in [5.41, 5.74) is 1.38. The van der Waals surface area contributed by atoms with Gasteiger partial charge in [0.1, 0.15) is 5.75 Å². The molecule has 3 rings (SSSR count). The largest absolute Gasteiger partial charge is 0.497 e. The van der Waals surface area contributed by atoms with E-state index in [1.807, 2.05) is 0 Å². The van der Waals surface area contributed by atoms with Crippen LogP contribution >= 0.6 is 0 Å². The zero-order valence-corrected chi connectivity index (χ0v) is 13.3. The molecule has 1 aromatic rings. The third-order valence-corrected chi connectivity index (χ3v) is 5.06. The van der Waals surface area contributed by atoms with Crippen molar-refractivity contribution in [2.24, 2.45) is 0 Å². The Kier molecular flexibility index (Phi) is 4.81. The summed E-state index contributed by atoms with van der Waals surface area (Å²) in [7, 11) is 1.72. The van der Waals surface area contributed by atoms with Crippen LogP contribution in [0.1, 0.15) is 38.2 Å². The van der Waals surface area contributed by atoms with Crippen molar-refractivity contribution in [1.82, 2.24) is 10.2 Å². The predicted molar refractivity (Wildman–Crippen MR) is 86.9 cm³/mol. The fraction of sp³-hybridized carbons (Fsp3) is 0.667. The monoisotopic (exact) mass is 288 g/mol. The molecule has 0 saturated carbocycles. The maximum absolute atomic E-state index is 5.22. The van der Waals surface area contributed by atoms with E-state index in [0.29, 0.717) is 12.1 Å². The number of hydrogen-bond donors (Lipinski definition) is 1. The maximum atomic E-state index is 5.22. The Morgan fingerprint density at radius 1 is 1.19 bits per heavy atom. The molecule has 0 spiro atoms. The average molecular weight is 288 g/mol. The van der Waals surface area contributed by atoms with Crippen LogP contribution in [-0.4, -0.2) is 43.2 Å². The van der Waals surface area contributed by atoms with Crippen LogP contribution in [0.5, 0.6) is 5.75 Å². The molecule has 1 N–H and O–H groups in total. The van der Waals surface area contributed by atoms with Crippen molar-refractivity contribution in [2.75, 3.05) is 20.2 Å². The molecule has 21 heavy (non-hydrogen) atoms. The van der Waals surface area contributed by atoms with Gasteiger partial charge in [-0.15, -0.1) is 0 Å². The van der Waals surface area contributed by atoms with Gasteiger partial charge in [0.05, 0.1) is 7.11 Å². The van der Waals surface area contributed by atoms with Crippen LogP contribution in [0.25, 0.3) is 0 Å². The molecule has 2 heterocycles. The lowest BCUT2D eigenvalue weighted by atomic mass is 9.97. The average Bonchev–Trinajstić information content (AvgIpc) is 2.91. The van der Waals surface area contributed by atoms with Crippen LogP contribution in [0.2, 0.25) is 0 Å². The molecule has 2 fully saturated rings. The van der Waals surface area contributed by atoms with Crippen LogP contribution < -0.4 is 10.1 Å². The van der Waals surface area contributed by atoms with Gasteiger partial charge in [0, 0.05) is 24.7 Å². The van der Waals surface area contributed by atoms with Gasteiger partial charge in [-0.1, -0.05) is 18.6 Å². The Bertz CT molecular complexity index is 445. The van der Waals surface area contributed by atoms with E-state index in [2.05, 4.69) is 41.4 Å². The van der Waals surface area contributed by atoms with E-state index in [4.69, 9.17) is 4.74 Å². The summed E-state index contributed by atoms with van der Waals surface area (Å²) in [6.45, 7) is 4.92. The minimum atomic E-state index is 0.533. The molecule has 0 radical (unpaired) electrons. The first-order chi connectivity index (χ1) is 10.3. The molecule has 2 aliphatic rings. The molecule has 0 aromatic heterocycles. The minimum absolute atomic E-state index is 0.533. The van der Waals surface area contributed by atoms with Gasteiger partial charge in [0.25, 0.3) is 0 Å². The standard InChI is InChI=1S/C18H28N2O/c1-14(13-15-6-8-16(21-2)9-7-15)19-17-10-12-20-11-4-3-5-18(17)20/h6-9,14,17-19H,3-5,10-13H2,1-2H3. The van der Waals surface area contributed by atoms with E-state index in [0.717, 1.165) is 18.2 Å². The zero-order valence-electron chi connectivity index (χ0n) is 13.3. The number of nitrogens with zero attached hydrogens (tertiary/aromatic N) is 1. The summed E-state index contributed by atoms with van der Waals surface area (Å²) in [6, 6.07) is 10.5. The van der Waals surface area contributed by atoms with E-state index in [-0.39, 0.29) is 0 Å². The van der Waals surface area contributed by atoms with Crippen LogP contribution in [-0.2, 0) is 6.42 Å². The lowest BCUT2D eigenvalue weighted by molar-refractivity contribution is 0.177. The Morgan fingerprint density at radius 2 is 2.00 bits per heavy atom. The lowest BCUT2D eigenvalue weighted by Gasteiger charge is -2.33. The number of ether oxygens (including phenoxy) is 1. The molecule has 2 saturated heterocycles. The van der Waals surface area contributed by atoms with Crippen molar-refractivity contribution < 1.29 is 4.74 Å². The second-order valence-corrected chi connectivity index (χ2v) is 6.61. The molecule has 1 aromatic carbocycles. The molecular formula is C18H28N2O. The first-order valence-corrected chi connectivity index (χ1v) is 8.39. The normalized spacial score (nSPS) is 27.3. The highest BCUT2D eigenvalue weighted by molar-refractivity contribution is 5.27. The van der Waals surface area contributed by atoms with Crippen LogP contribution in [0.15, 0.2) is 24.3 Å². The molecule has 3 atom stereocenters. The van der Waals surface area contributed by atoms with E-state index in [9.17, 15) is 0 Å². The first kappa shape index (κ1) is 14.9. The smallest absolute Gasteiger partial charge is 0.118 e. The van der Waals surface area contributed by atoms with Crippen molar-refractivity contribution in [3.05, 3.63) is 29.8 Å². The molecule has 0 amide bonds. The minimum Gasteiger partial charge on any atom is -0.497 e. The predicted octanol–water partition coefficient (Wildman–Crippen LogP) is 2.84. The maximum Gasteiger partial charge on any atom is 0.118 e. The van der Waals surface area contributed by atoms with Crippen molar-refractivity contribution >= 4 is 0 Å². The van der Waals surface area contributed by atoms with E-state index >= 15 is 0 Å². The number of benzene rings is 1. The Hall–Kier alpha value is -1.06. The van der Waals surface area contributed by atoms with Crippen LogP contribution in [0, 0.1) is 0 Å². The lowest BCUT2D eigenvalue weighted by Crippen LogP contribution is -2.48. The SMILES string of the molecule is COc1ccc(CC(C)NC2CCN3CCCCC23)cc1. The van der Waals surface area contributed by atoms with Gasteiger partial charge in [-0.25, -0.2) is 0 Å². The Morgan fingerprint density at radius 3 is 2.76 bits per heavy atom. The number of fused-ring (bicyclic) bond motifs is 1. The van der Waals surface area contributed by atoms with Crippen molar-refractivity contribution in [3.8, 4) is 5.75 Å². The van der Waals surface area contributed by atoms with Gasteiger partial charge in [-0.2, -0.15) is 0 Å². The topological polar surface area (TPSA) is 24.5 Å². The quantitative estimate of drug-likeness (QED) is 0.901. The van der Waals surface area contributed by atoms with Crippen molar-refractivity contribution in [2.45, 2.75) is 57.2 Å². The summed E-state index contributed by atoms with van der Waals surface area (Å²) in [4.78, 5) is 2.70. The van der Waals surface area contributed by atoms with Gasteiger partial charge in [0.15, 0.2) is 0 Å². The van der Waals surface area contributed by atoms with Gasteiger partial charge in [-0.3, -0.25) is 4.90 Å². The molecule has 0 aliphatic carbocycles. The van der Waals surface area contributed by atoms with E-state index in [1.165, 1.54) is 44.3 Å². The van der Waals surface area contributed by atoms with Gasteiger partial charge in [-0.05, 0) is 56.8 Å². The molecule has 0 bridgehead atoms. The number of hydrogen-bond acceptors (Lipinski definition) is 3. The van der Waals surface area contributed by atoms with Crippen LogP contribution in [0.4, 0.5) is 0 Å². The Balaban J connectivity index is 1.52. The molecular weight excluding hydrogens is 260 g/mol. The summed E-state index contributed by atoms with van der Waals surface area (Å²) in [5.74, 6) is 0.938. The summed E-state index contributed by atoms with van der Waals surface area (Å²) in [5, 5.41) is 3.88.